The van der Waals surface area contributed by atoms with Crippen molar-refractivity contribution in [2.75, 3.05) is 11.5 Å². The second-order valence-electron chi connectivity index (χ2n) is 4.87. The molecule has 1 aromatic heterocycles. The molecule has 124 valence electrons. The smallest absolute Gasteiger partial charge is 0.406 e. The maximum absolute atomic E-state index is 12.2. The van der Waals surface area contributed by atoms with Crippen LogP contribution in [0.3, 0.4) is 0 Å². The molecule has 0 spiro atoms. The van der Waals surface area contributed by atoms with Crippen molar-refractivity contribution in [3.8, 4) is 22.8 Å². The molecule has 0 atom stereocenters. The summed E-state index contributed by atoms with van der Waals surface area (Å²) in [6, 6.07) is 12.0. The van der Waals surface area contributed by atoms with E-state index in [2.05, 4.69) is 14.8 Å². The Kier molecular flexibility index (Phi) is 3.76. The number of alkyl halides is 3. The number of halogens is 3. The topological polar surface area (TPSA) is 92.0 Å². The van der Waals surface area contributed by atoms with Crippen molar-refractivity contribution >= 4 is 11.6 Å². The first-order valence-electron chi connectivity index (χ1n) is 6.76. The van der Waals surface area contributed by atoms with Crippen molar-refractivity contribution in [2.24, 2.45) is 0 Å². The van der Waals surface area contributed by atoms with E-state index >= 15 is 0 Å². The molecule has 0 aliphatic carbocycles. The molecule has 0 radical (unpaired) electrons. The summed E-state index contributed by atoms with van der Waals surface area (Å²) >= 11 is 0. The standard InChI is InChI=1S/C15H12F3N5O/c16-15(17,18)24-12-7-5-11(6-8-12)23-14(20)21-13(22-23)9-1-3-10(19)4-2-9/h1-8H,19H2,(H2,20,21,22). The molecule has 1 heterocycles. The van der Waals surface area contributed by atoms with Gasteiger partial charge in [0.1, 0.15) is 5.75 Å². The number of nitrogens with two attached hydrogens (primary N) is 2. The second-order valence-corrected chi connectivity index (χ2v) is 4.87. The molecule has 0 saturated carbocycles. The van der Waals surface area contributed by atoms with E-state index in [1.54, 1.807) is 24.3 Å². The van der Waals surface area contributed by atoms with Crippen molar-refractivity contribution in [1.82, 2.24) is 14.8 Å². The van der Waals surface area contributed by atoms with Gasteiger partial charge in [-0.25, -0.2) is 0 Å². The van der Waals surface area contributed by atoms with Gasteiger partial charge in [-0.15, -0.1) is 18.3 Å². The zero-order chi connectivity index (χ0) is 17.3. The Morgan fingerprint density at radius 3 is 2.12 bits per heavy atom. The van der Waals surface area contributed by atoms with Crippen LogP contribution in [0.1, 0.15) is 0 Å². The van der Waals surface area contributed by atoms with Gasteiger partial charge in [0.25, 0.3) is 0 Å². The summed E-state index contributed by atoms with van der Waals surface area (Å²) in [5.74, 6) is 0.151. The first-order valence-corrected chi connectivity index (χ1v) is 6.76. The van der Waals surface area contributed by atoms with E-state index in [9.17, 15) is 13.2 Å². The summed E-state index contributed by atoms with van der Waals surface area (Å²) in [4.78, 5) is 4.15. The van der Waals surface area contributed by atoms with Crippen LogP contribution in [0.4, 0.5) is 24.8 Å². The van der Waals surface area contributed by atoms with Crippen molar-refractivity contribution < 1.29 is 17.9 Å². The molecular formula is C15H12F3N5O. The van der Waals surface area contributed by atoms with Crippen LogP contribution >= 0.6 is 0 Å². The maximum atomic E-state index is 12.2. The number of anilines is 2. The van der Waals surface area contributed by atoms with Crippen LogP contribution in [-0.2, 0) is 0 Å². The van der Waals surface area contributed by atoms with Crippen LogP contribution in [0.25, 0.3) is 17.1 Å². The quantitative estimate of drug-likeness (QED) is 0.718. The highest BCUT2D eigenvalue weighted by Gasteiger charge is 2.31. The molecule has 0 aliphatic heterocycles. The molecule has 0 fully saturated rings. The lowest BCUT2D eigenvalue weighted by Crippen LogP contribution is -2.17. The Hall–Kier alpha value is -3.23. The third-order valence-electron chi connectivity index (χ3n) is 3.12. The van der Waals surface area contributed by atoms with Gasteiger partial charge in [-0.2, -0.15) is 9.67 Å². The summed E-state index contributed by atoms with van der Waals surface area (Å²) in [5, 5.41) is 4.26. The van der Waals surface area contributed by atoms with E-state index in [1.165, 1.54) is 28.9 Å². The highest BCUT2D eigenvalue weighted by Crippen LogP contribution is 2.25. The molecule has 0 aliphatic rings. The third-order valence-corrected chi connectivity index (χ3v) is 3.12. The molecule has 2 aromatic carbocycles. The van der Waals surface area contributed by atoms with Crippen molar-refractivity contribution in [1.29, 1.82) is 0 Å². The molecule has 3 rings (SSSR count). The van der Waals surface area contributed by atoms with Gasteiger partial charge < -0.3 is 16.2 Å². The minimum absolute atomic E-state index is 0.103. The predicted octanol–water partition coefficient (Wildman–Crippen LogP) is 3.00. The predicted molar refractivity (Wildman–Crippen MR) is 82.3 cm³/mol. The van der Waals surface area contributed by atoms with Gasteiger partial charge in [0, 0.05) is 11.3 Å². The number of hydrogen-bond donors (Lipinski definition) is 2. The highest BCUT2D eigenvalue weighted by molar-refractivity contribution is 5.60. The van der Waals surface area contributed by atoms with Crippen molar-refractivity contribution in [3.63, 3.8) is 0 Å². The van der Waals surface area contributed by atoms with Gasteiger partial charge >= 0.3 is 6.36 Å². The molecule has 24 heavy (non-hydrogen) atoms. The lowest BCUT2D eigenvalue weighted by atomic mass is 10.2. The number of rotatable bonds is 3. The Balaban J connectivity index is 1.88. The normalized spacial score (nSPS) is 11.5. The van der Waals surface area contributed by atoms with Gasteiger partial charge in [-0.1, -0.05) is 0 Å². The molecule has 6 nitrogen and oxygen atoms in total. The molecule has 9 heteroatoms. The molecule has 0 saturated heterocycles. The van der Waals surface area contributed by atoms with Crippen LogP contribution in [0.2, 0.25) is 0 Å². The van der Waals surface area contributed by atoms with Gasteiger partial charge in [-0.3, -0.25) is 0 Å². The molecule has 0 amide bonds. The molecule has 0 bridgehead atoms. The minimum atomic E-state index is -4.74. The Morgan fingerprint density at radius 1 is 0.917 bits per heavy atom. The largest absolute Gasteiger partial charge is 0.573 e. The summed E-state index contributed by atoms with van der Waals surface area (Å²) in [5.41, 5.74) is 13.2. The van der Waals surface area contributed by atoms with Gasteiger partial charge in [0.15, 0.2) is 5.82 Å². The number of benzene rings is 2. The zero-order valence-corrected chi connectivity index (χ0v) is 12.2. The Labute approximate surface area is 134 Å². The van der Waals surface area contributed by atoms with E-state index in [4.69, 9.17) is 11.5 Å². The first-order chi connectivity index (χ1) is 11.3. The summed E-state index contributed by atoms with van der Waals surface area (Å²) in [6.07, 6.45) is -4.74. The Morgan fingerprint density at radius 2 is 1.54 bits per heavy atom. The van der Waals surface area contributed by atoms with E-state index in [1.807, 2.05) is 0 Å². The first kappa shape index (κ1) is 15.7. The molecule has 0 unspecified atom stereocenters. The second kappa shape index (κ2) is 5.76. The number of nitrogen functional groups attached to an aromatic ring is 2. The molecular weight excluding hydrogens is 323 g/mol. The van der Waals surface area contributed by atoms with E-state index < -0.39 is 6.36 Å². The van der Waals surface area contributed by atoms with Gasteiger partial charge in [0.05, 0.1) is 5.69 Å². The van der Waals surface area contributed by atoms with Crippen LogP contribution in [0, 0.1) is 0 Å². The monoisotopic (exact) mass is 335 g/mol. The zero-order valence-electron chi connectivity index (χ0n) is 12.2. The SMILES string of the molecule is Nc1ccc(-c2nc(N)n(-c3ccc(OC(F)(F)F)cc3)n2)cc1. The summed E-state index contributed by atoms with van der Waals surface area (Å²) in [7, 11) is 0. The van der Waals surface area contributed by atoms with Crippen molar-refractivity contribution in [2.45, 2.75) is 6.36 Å². The fraction of sp³-hybridized carbons (Fsp3) is 0.0667. The number of nitrogens with zero attached hydrogens (tertiary/aromatic N) is 3. The lowest BCUT2D eigenvalue weighted by molar-refractivity contribution is -0.274. The van der Waals surface area contributed by atoms with E-state index in [0.717, 1.165) is 0 Å². The minimum Gasteiger partial charge on any atom is -0.406 e. The van der Waals surface area contributed by atoms with Crippen LogP contribution in [0.5, 0.6) is 5.75 Å². The highest BCUT2D eigenvalue weighted by atomic mass is 19.4. The fourth-order valence-corrected chi connectivity index (χ4v) is 2.06. The van der Waals surface area contributed by atoms with Gasteiger partial charge in [0.2, 0.25) is 5.95 Å². The summed E-state index contributed by atoms with van der Waals surface area (Å²) in [6.45, 7) is 0. The molecule has 3 aromatic rings. The fourth-order valence-electron chi connectivity index (χ4n) is 2.06. The van der Waals surface area contributed by atoms with Crippen LogP contribution in [-0.4, -0.2) is 21.1 Å². The lowest BCUT2D eigenvalue weighted by Gasteiger charge is -2.09. The Bertz CT molecular complexity index is 841. The number of hydrogen-bond acceptors (Lipinski definition) is 5. The number of aromatic nitrogens is 3. The number of ether oxygens (including phenoxy) is 1. The average Bonchev–Trinajstić information content (AvgIpc) is 2.89. The van der Waals surface area contributed by atoms with E-state index in [0.29, 0.717) is 22.8 Å². The molecule has 4 N–H and O–H groups in total. The third kappa shape index (κ3) is 3.40. The van der Waals surface area contributed by atoms with Crippen LogP contribution in [0.15, 0.2) is 48.5 Å². The van der Waals surface area contributed by atoms with Crippen LogP contribution < -0.4 is 16.2 Å². The van der Waals surface area contributed by atoms with E-state index in [-0.39, 0.29) is 11.7 Å². The van der Waals surface area contributed by atoms with Crippen molar-refractivity contribution in [3.05, 3.63) is 48.5 Å². The summed E-state index contributed by atoms with van der Waals surface area (Å²) < 4.78 is 41.7. The maximum Gasteiger partial charge on any atom is 0.573 e. The average molecular weight is 335 g/mol. The van der Waals surface area contributed by atoms with Gasteiger partial charge in [-0.05, 0) is 48.5 Å².